The summed E-state index contributed by atoms with van der Waals surface area (Å²) < 4.78 is 60.7. The molecule has 0 heterocycles. The lowest BCUT2D eigenvalue weighted by atomic mass is 10.2. The Bertz CT molecular complexity index is 609. The summed E-state index contributed by atoms with van der Waals surface area (Å²) in [5, 5.41) is 2.21. The van der Waals surface area contributed by atoms with E-state index in [-0.39, 0.29) is 12.1 Å². The van der Waals surface area contributed by atoms with Crippen LogP contribution in [0.2, 0.25) is 0 Å². The van der Waals surface area contributed by atoms with E-state index in [0.717, 1.165) is 6.07 Å². The molecule has 8 heteroatoms. The summed E-state index contributed by atoms with van der Waals surface area (Å²) >= 11 is 0. The molecule has 0 spiro atoms. The molecule has 0 aliphatic heterocycles. The molecule has 0 saturated carbocycles. The van der Waals surface area contributed by atoms with Crippen molar-refractivity contribution in [1.82, 2.24) is 0 Å². The van der Waals surface area contributed by atoms with E-state index in [4.69, 9.17) is 0 Å². The Morgan fingerprint density at radius 3 is 2.40 bits per heavy atom. The molecule has 0 bridgehead atoms. The number of halogens is 3. The molecule has 112 valence electrons. The number of hydrogen-bond acceptors (Lipinski definition) is 3. The van der Waals surface area contributed by atoms with Crippen molar-refractivity contribution in [3.8, 4) is 0 Å². The van der Waals surface area contributed by atoms with E-state index in [2.05, 4.69) is 5.32 Å². The maximum atomic E-state index is 12.6. The minimum atomic E-state index is -5.50. The normalized spacial score (nSPS) is 12.2. The van der Waals surface area contributed by atoms with Gasteiger partial charge in [0.15, 0.2) is 0 Å². The standard InChI is InChI=1S/C12H14F3NO3S/c1-3-4-11(17)16-9-7-8(2)5-6-10(9)20(18,19)12(13,14)15/h5-7H,3-4H2,1-2H3,(H,16,17). The van der Waals surface area contributed by atoms with E-state index in [1.807, 2.05) is 0 Å². The van der Waals surface area contributed by atoms with Gasteiger partial charge in [-0.25, -0.2) is 8.42 Å². The molecule has 0 aliphatic carbocycles. The molecule has 0 aliphatic rings. The summed E-state index contributed by atoms with van der Waals surface area (Å²) in [4.78, 5) is 10.5. The van der Waals surface area contributed by atoms with Gasteiger partial charge in [-0.1, -0.05) is 13.0 Å². The zero-order valence-corrected chi connectivity index (χ0v) is 11.7. The van der Waals surface area contributed by atoms with Gasteiger partial charge >= 0.3 is 5.51 Å². The largest absolute Gasteiger partial charge is 0.501 e. The Balaban J connectivity index is 3.32. The molecule has 20 heavy (non-hydrogen) atoms. The first-order valence-electron chi connectivity index (χ1n) is 5.81. The molecule has 0 saturated heterocycles. The lowest BCUT2D eigenvalue weighted by Crippen LogP contribution is -2.25. The Labute approximate surface area is 114 Å². The van der Waals surface area contributed by atoms with E-state index in [0.29, 0.717) is 12.0 Å². The summed E-state index contributed by atoms with van der Waals surface area (Å²) in [7, 11) is -5.50. The van der Waals surface area contributed by atoms with Crippen LogP contribution < -0.4 is 5.32 Å². The van der Waals surface area contributed by atoms with Crippen molar-refractivity contribution in [1.29, 1.82) is 0 Å². The van der Waals surface area contributed by atoms with Crippen LogP contribution in [0.25, 0.3) is 0 Å². The van der Waals surface area contributed by atoms with E-state index in [1.54, 1.807) is 13.8 Å². The first-order valence-corrected chi connectivity index (χ1v) is 7.29. The monoisotopic (exact) mass is 309 g/mol. The van der Waals surface area contributed by atoms with Gasteiger partial charge in [0.25, 0.3) is 9.84 Å². The van der Waals surface area contributed by atoms with Crippen LogP contribution in [0.15, 0.2) is 23.1 Å². The number of nitrogens with one attached hydrogen (secondary N) is 1. The Kier molecular flexibility index (Phi) is 4.80. The number of sulfone groups is 1. The molecule has 0 atom stereocenters. The number of amides is 1. The molecule has 0 aromatic heterocycles. The molecular weight excluding hydrogens is 295 g/mol. The van der Waals surface area contributed by atoms with Crippen molar-refractivity contribution in [3.05, 3.63) is 23.8 Å². The van der Waals surface area contributed by atoms with Crippen LogP contribution in [0.4, 0.5) is 18.9 Å². The van der Waals surface area contributed by atoms with Crippen LogP contribution in [-0.4, -0.2) is 19.8 Å². The van der Waals surface area contributed by atoms with E-state index < -0.39 is 26.1 Å². The van der Waals surface area contributed by atoms with Crippen LogP contribution in [-0.2, 0) is 14.6 Å². The number of carbonyl (C=O) groups excluding carboxylic acids is 1. The summed E-state index contributed by atoms with van der Waals surface area (Å²) in [6.07, 6.45) is 0.596. The number of rotatable bonds is 4. The van der Waals surface area contributed by atoms with Crippen molar-refractivity contribution in [2.75, 3.05) is 5.32 Å². The molecule has 1 amide bonds. The van der Waals surface area contributed by atoms with Gasteiger partial charge in [-0.3, -0.25) is 4.79 Å². The summed E-state index contributed by atoms with van der Waals surface area (Å²) in [6, 6.07) is 3.29. The maximum Gasteiger partial charge on any atom is 0.501 e. The van der Waals surface area contributed by atoms with Gasteiger partial charge in [0.1, 0.15) is 0 Å². The summed E-state index contributed by atoms with van der Waals surface area (Å²) in [6.45, 7) is 3.31. The first-order chi connectivity index (χ1) is 9.09. The lowest BCUT2D eigenvalue weighted by molar-refractivity contribution is -0.116. The zero-order chi connectivity index (χ0) is 15.6. The van der Waals surface area contributed by atoms with Gasteiger partial charge in [0, 0.05) is 6.42 Å². The van der Waals surface area contributed by atoms with Crippen LogP contribution in [0.1, 0.15) is 25.3 Å². The van der Waals surface area contributed by atoms with Gasteiger partial charge < -0.3 is 5.32 Å². The minimum Gasteiger partial charge on any atom is -0.325 e. The van der Waals surface area contributed by atoms with Crippen molar-refractivity contribution in [2.24, 2.45) is 0 Å². The predicted molar refractivity (Wildman–Crippen MR) is 68.0 cm³/mol. The van der Waals surface area contributed by atoms with E-state index in [1.165, 1.54) is 12.1 Å². The predicted octanol–water partition coefficient (Wildman–Crippen LogP) is 3.03. The number of alkyl halides is 3. The second-order valence-corrected chi connectivity index (χ2v) is 6.16. The first kappa shape index (κ1) is 16.5. The van der Waals surface area contributed by atoms with Crippen LogP contribution in [0.3, 0.4) is 0 Å². The second kappa shape index (κ2) is 5.82. The van der Waals surface area contributed by atoms with Crippen molar-refractivity contribution >= 4 is 21.4 Å². The Morgan fingerprint density at radius 2 is 1.90 bits per heavy atom. The smallest absolute Gasteiger partial charge is 0.325 e. The fourth-order valence-corrected chi connectivity index (χ4v) is 2.44. The number of benzene rings is 1. The number of anilines is 1. The highest BCUT2D eigenvalue weighted by Gasteiger charge is 2.48. The highest BCUT2D eigenvalue weighted by atomic mass is 32.2. The molecule has 1 aromatic carbocycles. The average Bonchev–Trinajstić information content (AvgIpc) is 2.27. The molecule has 0 fully saturated rings. The van der Waals surface area contributed by atoms with Crippen molar-refractivity contribution in [3.63, 3.8) is 0 Å². The third kappa shape index (κ3) is 3.50. The molecule has 0 radical (unpaired) electrons. The minimum absolute atomic E-state index is 0.0967. The van der Waals surface area contributed by atoms with E-state index >= 15 is 0 Å². The molecular formula is C12H14F3NO3S. The average molecular weight is 309 g/mol. The summed E-state index contributed by atoms with van der Waals surface area (Å²) in [5.74, 6) is -0.531. The Morgan fingerprint density at radius 1 is 1.30 bits per heavy atom. The molecule has 4 nitrogen and oxygen atoms in total. The molecule has 1 rings (SSSR count). The highest BCUT2D eigenvalue weighted by molar-refractivity contribution is 7.92. The van der Waals surface area contributed by atoms with Gasteiger partial charge in [-0.15, -0.1) is 0 Å². The van der Waals surface area contributed by atoms with Crippen molar-refractivity contribution < 1.29 is 26.4 Å². The SMILES string of the molecule is CCCC(=O)Nc1cc(C)ccc1S(=O)(=O)C(F)(F)F. The van der Waals surface area contributed by atoms with Gasteiger partial charge in [0.05, 0.1) is 10.6 Å². The Hall–Kier alpha value is -1.57. The van der Waals surface area contributed by atoms with Crippen LogP contribution in [0.5, 0.6) is 0 Å². The zero-order valence-electron chi connectivity index (χ0n) is 10.9. The molecule has 1 N–H and O–H groups in total. The third-order valence-electron chi connectivity index (χ3n) is 2.48. The topological polar surface area (TPSA) is 63.2 Å². The fourth-order valence-electron chi connectivity index (χ4n) is 1.54. The molecule has 0 unspecified atom stereocenters. The van der Waals surface area contributed by atoms with Gasteiger partial charge in [-0.05, 0) is 31.0 Å². The number of carbonyl (C=O) groups is 1. The van der Waals surface area contributed by atoms with Gasteiger partial charge in [0.2, 0.25) is 5.91 Å². The van der Waals surface area contributed by atoms with Crippen molar-refractivity contribution in [2.45, 2.75) is 37.1 Å². The summed E-state index contributed by atoms with van der Waals surface area (Å²) in [5.41, 5.74) is -5.22. The molecule has 1 aromatic rings. The van der Waals surface area contributed by atoms with Gasteiger partial charge in [-0.2, -0.15) is 13.2 Å². The fraction of sp³-hybridized carbons (Fsp3) is 0.417. The van der Waals surface area contributed by atoms with E-state index in [9.17, 15) is 26.4 Å². The lowest BCUT2D eigenvalue weighted by Gasteiger charge is -2.14. The maximum absolute atomic E-state index is 12.6. The third-order valence-corrected chi connectivity index (χ3v) is 4.02. The number of hydrogen-bond donors (Lipinski definition) is 1. The second-order valence-electron chi connectivity index (χ2n) is 4.25. The number of aryl methyl sites for hydroxylation is 1. The van der Waals surface area contributed by atoms with Crippen LogP contribution >= 0.6 is 0 Å². The quantitative estimate of drug-likeness (QED) is 0.930. The highest BCUT2D eigenvalue weighted by Crippen LogP contribution is 2.34. The van der Waals surface area contributed by atoms with Crippen LogP contribution in [0, 0.1) is 6.92 Å².